The Labute approximate surface area is 78.8 Å². The standard InChI is InChI=1S/C10H16O3/c1-6(8(3)11)7(2)9(4)13-10(5)12/h6H,1-5H3/b9-7-. The van der Waals surface area contributed by atoms with E-state index in [0.29, 0.717) is 5.76 Å². The lowest BCUT2D eigenvalue weighted by atomic mass is 9.98. The Balaban J connectivity index is 4.60. The van der Waals surface area contributed by atoms with Crippen molar-refractivity contribution in [3.05, 3.63) is 11.3 Å². The van der Waals surface area contributed by atoms with Crippen LogP contribution in [0.5, 0.6) is 0 Å². The van der Waals surface area contributed by atoms with Crippen LogP contribution in [-0.2, 0) is 14.3 Å². The number of ether oxygens (including phenoxy) is 1. The molecule has 0 saturated carbocycles. The Hall–Kier alpha value is -1.12. The van der Waals surface area contributed by atoms with E-state index in [-0.39, 0.29) is 17.7 Å². The summed E-state index contributed by atoms with van der Waals surface area (Å²) in [6.07, 6.45) is 0. The predicted molar refractivity (Wildman–Crippen MR) is 50.0 cm³/mol. The van der Waals surface area contributed by atoms with E-state index < -0.39 is 0 Å². The third kappa shape index (κ3) is 3.87. The summed E-state index contributed by atoms with van der Waals surface area (Å²) in [6.45, 7) is 8.15. The predicted octanol–water partition coefficient (Wildman–Crippen LogP) is 2.07. The smallest absolute Gasteiger partial charge is 0.307 e. The van der Waals surface area contributed by atoms with Crippen molar-refractivity contribution in [1.82, 2.24) is 0 Å². The van der Waals surface area contributed by atoms with Gasteiger partial charge in [0.25, 0.3) is 0 Å². The van der Waals surface area contributed by atoms with E-state index in [4.69, 9.17) is 4.74 Å². The van der Waals surface area contributed by atoms with Crippen LogP contribution in [-0.4, -0.2) is 11.8 Å². The number of hydrogen-bond donors (Lipinski definition) is 0. The molecule has 74 valence electrons. The van der Waals surface area contributed by atoms with Gasteiger partial charge in [0.1, 0.15) is 11.5 Å². The molecule has 0 amide bonds. The van der Waals surface area contributed by atoms with E-state index in [1.165, 1.54) is 13.8 Å². The van der Waals surface area contributed by atoms with E-state index in [2.05, 4.69) is 0 Å². The molecule has 0 aliphatic rings. The van der Waals surface area contributed by atoms with Crippen molar-refractivity contribution in [2.24, 2.45) is 5.92 Å². The van der Waals surface area contributed by atoms with Crippen molar-refractivity contribution in [2.75, 3.05) is 0 Å². The Kier molecular flexibility index (Phi) is 4.38. The molecule has 0 aromatic heterocycles. The van der Waals surface area contributed by atoms with Crippen molar-refractivity contribution in [3.63, 3.8) is 0 Å². The SMILES string of the molecule is CC(=O)O/C(C)=C(/C)C(C)C(C)=O. The van der Waals surface area contributed by atoms with E-state index in [1.54, 1.807) is 20.8 Å². The van der Waals surface area contributed by atoms with Gasteiger partial charge in [-0.25, -0.2) is 0 Å². The monoisotopic (exact) mass is 184 g/mol. The quantitative estimate of drug-likeness (QED) is 0.498. The molecule has 0 heterocycles. The zero-order valence-corrected chi connectivity index (χ0v) is 8.80. The van der Waals surface area contributed by atoms with Crippen molar-refractivity contribution in [2.45, 2.75) is 34.6 Å². The summed E-state index contributed by atoms with van der Waals surface area (Å²) in [6, 6.07) is 0. The second kappa shape index (κ2) is 4.80. The lowest BCUT2D eigenvalue weighted by Gasteiger charge is -2.11. The number of Topliss-reactive ketones (excluding diaryl/α,β-unsaturated/α-hetero) is 1. The molecule has 0 aliphatic heterocycles. The first kappa shape index (κ1) is 11.9. The van der Waals surface area contributed by atoms with Crippen molar-refractivity contribution in [1.29, 1.82) is 0 Å². The zero-order chi connectivity index (χ0) is 10.6. The Morgan fingerprint density at radius 1 is 1.08 bits per heavy atom. The maximum absolute atomic E-state index is 11.0. The minimum absolute atomic E-state index is 0.0732. The highest BCUT2D eigenvalue weighted by Crippen LogP contribution is 2.16. The van der Waals surface area contributed by atoms with Crippen molar-refractivity contribution < 1.29 is 14.3 Å². The summed E-state index contributed by atoms with van der Waals surface area (Å²) in [5.74, 6) is 0.0613. The molecule has 0 aromatic carbocycles. The highest BCUT2D eigenvalue weighted by molar-refractivity contribution is 5.80. The van der Waals surface area contributed by atoms with Crippen LogP contribution in [0.4, 0.5) is 0 Å². The van der Waals surface area contributed by atoms with Crippen LogP contribution in [0, 0.1) is 5.92 Å². The molecule has 1 unspecified atom stereocenters. The number of esters is 1. The minimum Gasteiger partial charge on any atom is -0.432 e. The molecule has 0 radical (unpaired) electrons. The molecular formula is C10H16O3. The summed E-state index contributed by atoms with van der Waals surface area (Å²) in [7, 11) is 0. The van der Waals surface area contributed by atoms with Crippen LogP contribution in [0.25, 0.3) is 0 Å². The lowest BCUT2D eigenvalue weighted by Crippen LogP contribution is -2.11. The molecule has 1 atom stereocenters. The highest BCUT2D eigenvalue weighted by Gasteiger charge is 2.13. The first-order valence-corrected chi connectivity index (χ1v) is 4.22. The number of allylic oxidation sites excluding steroid dienone is 2. The normalized spacial score (nSPS) is 14.5. The van der Waals surface area contributed by atoms with Crippen LogP contribution in [0.2, 0.25) is 0 Å². The fourth-order valence-electron chi connectivity index (χ4n) is 0.906. The van der Waals surface area contributed by atoms with Gasteiger partial charge in [-0.2, -0.15) is 0 Å². The fourth-order valence-corrected chi connectivity index (χ4v) is 0.906. The first-order valence-electron chi connectivity index (χ1n) is 4.22. The van der Waals surface area contributed by atoms with E-state index in [0.717, 1.165) is 5.57 Å². The van der Waals surface area contributed by atoms with E-state index in [1.807, 2.05) is 0 Å². The summed E-state index contributed by atoms with van der Waals surface area (Å²) >= 11 is 0. The van der Waals surface area contributed by atoms with Gasteiger partial charge in [-0.15, -0.1) is 0 Å². The molecule has 3 nitrogen and oxygen atoms in total. The molecule has 0 N–H and O–H groups in total. The van der Waals surface area contributed by atoms with Crippen LogP contribution >= 0.6 is 0 Å². The van der Waals surface area contributed by atoms with Gasteiger partial charge in [-0.1, -0.05) is 6.92 Å². The van der Waals surface area contributed by atoms with Crippen LogP contribution in [0.1, 0.15) is 34.6 Å². The number of ketones is 1. The molecule has 0 aliphatic carbocycles. The zero-order valence-electron chi connectivity index (χ0n) is 8.80. The number of rotatable bonds is 3. The lowest BCUT2D eigenvalue weighted by molar-refractivity contribution is -0.137. The topological polar surface area (TPSA) is 43.4 Å². The second-order valence-electron chi connectivity index (χ2n) is 3.17. The molecule has 0 fully saturated rings. The van der Waals surface area contributed by atoms with Gasteiger partial charge < -0.3 is 4.74 Å². The molecule has 0 rings (SSSR count). The fraction of sp³-hybridized carbons (Fsp3) is 0.600. The number of carbonyl (C=O) groups is 2. The summed E-state index contributed by atoms with van der Waals surface area (Å²) in [4.78, 5) is 21.6. The average molecular weight is 184 g/mol. The van der Waals surface area contributed by atoms with Crippen LogP contribution in [0.15, 0.2) is 11.3 Å². The molecule has 0 spiro atoms. The van der Waals surface area contributed by atoms with Crippen molar-refractivity contribution >= 4 is 11.8 Å². The van der Waals surface area contributed by atoms with E-state index >= 15 is 0 Å². The van der Waals surface area contributed by atoms with Gasteiger partial charge >= 0.3 is 5.97 Å². The van der Waals surface area contributed by atoms with Crippen LogP contribution < -0.4 is 0 Å². The second-order valence-corrected chi connectivity index (χ2v) is 3.17. The first-order chi connectivity index (χ1) is 5.86. The molecule has 13 heavy (non-hydrogen) atoms. The minimum atomic E-state index is -0.354. The van der Waals surface area contributed by atoms with Gasteiger partial charge in [0.15, 0.2) is 0 Å². The summed E-state index contributed by atoms with van der Waals surface area (Å²) < 4.78 is 4.87. The molecule has 3 heteroatoms. The van der Waals surface area contributed by atoms with Crippen molar-refractivity contribution in [3.8, 4) is 0 Å². The maximum atomic E-state index is 11.0. The Morgan fingerprint density at radius 3 is 1.85 bits per heavy atom. The van der Waals surface area contributed by atoms with Crippen LogP contribution in [0.3, 0.4) is 0 Å². The third-order valence-corrected chi connectivity index (χ3v) is 2.11. The largest absolute Gasteiger partial charge is 0.432 e. The maximum Gasteiger partial charge on any atom is 0.307 e. The van der Waals surface area contributed by atoms with E-state index in [9.17, 15) is 9.59 Å². The molecule has 0 aromatic rings. The molecular weight excluding hydrogens is 168 g/mol. The average Bonchev–Trinajstić information content (AvgIpc) is 2.00. The highest BCUT2D eigenvalue weighted by atomic mass is 16.5. The Bertz CT molecular complexity index is 251. The summed E-state index contributed by atoms with van der Waals surface area (Å²) in [5, 5.41) is 0. The van der Waals surface area contributed by atoms with Gasteiger partial charge in [0.2, 0.25) is 0 Å². The third-order valence-electron chi connectivity index (χ3n) is 2.11. The summed E-state index contributed by atoms with van der Waals surface area (Å²) in [5.41, 5.74) is 0.808. The van der Waals surface area contributed by atoms with Gasteiger partial charge in [-0.3, -0.25) is 9.59 Å². The molecule has 0 saturated heterocycles. The Morgan fingerprint density at radius 2 is 1.54 bits per heavy atom. The van der Waals surface area contributed by atoms with Gasteiger partial charge in [-0.05, 0) is 26.3 Å². The molecule has 0 bridgehead atoms. The van der Waals surface area contributed by atoms with Gasteiger partial charge in [0.05, 0.1) is 0 Å². The number of hydrogen-bond acceptors (Lipinski definition) is 3. The number of carbonyl (C=O) groups excluding carboxylic acids is 2. The van der Waals surface area contributed by atoms with Gasteiger partial charge in [0, 0.05) is 12.8 Å².